The molecule has 152 valence electrons. The summed E-state index contributed by atoms with van der Waals surface area (Å²) in [4.78, 5) is 17.1. The summed E-state index contributed by atoms with van der Waals surface area (Å²) < 4.78 is 16.0. The highest BCUT2D eigenvalue weighted by Crippen LogP contribution is 2.34. The Kier molecular flexibility index (Phi) is 5.89. The lowest BCUT2D eigenvalue weighted by molar-refractivity contribution is -0.121. The van der Waals surface area contributed by atoms with Gasteiger partial charge in [0.2, 0.25) is 5.91 Å². The van der Waals surface area contributed by atoms with Gasteiger partial charge in [-0.05, 0) is 41.5 Å². The number of rotatable bonds is 7. The molecule has 0 saturated heterocycles. The first-order chi connectivity index (χ1) is 14.6. The van der Waals surface area contributed by atoms with Crippen molar-refractivity contribution >= 4 is 16.8 Å². The lowest BCUT2D eigenvalue weighted by Crippen LogP contribution is -2.27. The molecule has 2 aromatic heterocycles. The molecule has 5 heteroatoms. The molecule has 4 nitrogen and oxygen atoms in total. The van der Waals surface area contributed by atoms with Gasteiger partial charge in [0.25, 0.3) is 0 Å². The number of carbonyl (C=O) groups is 1. The van der Waals surface area contributed by atoms with Gasteiger partial charge in [-0.15, -0.1) is 0 Å². The number of aromatic nitrogens is 2. The second kappa shape index (κ2) is 8.91. The van der Waals surface area contributed by atoms with E-state index >= 15 is 0 Å². The number of benzene rings is 2. The number of para-hydroxylation sites is 1. The van der Waals surface area contributed by atoms with Crippen molar-refractivity contribution in [2.75, 3.05) is 6.54 Å². The van der Waals surface area contributed by atoms with E-state index < -0.39 is 0 Å². The highest BCUT2D eigenvalue weighted by Gasteiger charge is 2.22. The van der Waals surface area contributed by atoms with Crippen LogP contribution in [0.25, 0.3) is 10.9 Å². The smallest absolute Gasteiger partial charge is 0.220 e. The molecule has 0 aliphatic carbocycles. The number of nitrogens with zero attached hydrogens (tertiary/aromatic N) is 2. The van der Waals surface area contributed by atoms with E-state index in [0.717, 1.165) is 27.7 Å². The van der Waals surface area contributed by atoms with Crippen LogP contribution in [0.2, 0.25) is 0 Å². The average molecular weight is 401 g/mol. The topological polar surface area (TPSA) is 46.9 Å². The highest BCUT2D eigenvalue weighted by atomic mass is 19.1. The van der Waals surface area contributed by atoms with Crippen molar-refractivity contribution in [3.63, 3.8) is 0 Å². The molecule has 2 aromatic carbocycles. The fraction of sp³-hybridized carbons (Fsp3) is 0.200. The number of halogens is 1. The standard InChI is InChI=1S/C25H24FN3O/c1-29-17-23(21-10-2-3-11-24(21)29)22(18-7-6-8-19(26)15-18)16-25(30)28-14-12-20-9-4-5-13-27-20/h2-11,13,15,17,22H,12,14,16H2,1H3,(H,28,30). The SMILES string of the molecule is Cn1cc(C(CC(=O)NCCc2ccccn2)c2cccc(F)c2)c2ccccc21. The molecule has 30 heavy (non-hydrogen) atoms. The predicted molar refractivity (Wildman–Crippen MR) is 117 cm³/mol. The first-order valence-corrected chi connectivity index (χ1v) is 10.1. The summed E-state index contributed by atoms with van der Waals surface area (Å²) in [5, 5.41) is 4.07. The number of pyridine rings is 1. The summed E-state index contributed by atoms with van der Waals surface area (Å²) in [6, 6.07) is 20.4. The number of amides is 1. The average Bonchev–Trinajstić information content (AvgIpc) is 3.09. The van der Waals surface area contributed by atoms with Gasteiger partial charge in [-0.25, -0.2) is 4.39 Å². The number of fused-ring (bicyclic) bond motifs is 1. The molecule has 0 saturated carbocycles. The molecule has 0 bridgehead atoms. The quantitative estimate of drug-likeness (QED) is 0.492. The van der Waals surface area contributed by atoms with Crippen molar-refractivity contribution < 1.29 is 9.18 Å². The van der Waals surface area contributed by atoms with Crippen LogP contribution in [-0.2, 0) is 18.3 Å². The molecule has 1 unspecified atom stereocenters. The molecule has 4 aromatic rings. The lowest BCUT2D eigenvalue weighted by Gasteiger charge is -2.17. The molecular weight excluding hydrogens is 377 g/mol. The molecule has 1 atom stereocenters. The Balaban J connectivity index is 1.57. The summed E-state index contributed by atoms with van der Waals surface area (Å²) in [6.07, 6.45) is 4.71. The molecule has 0 spiro atoms. The molecule has 4 rings (SSSR count). The van der Waals surface area contributed by atoms with Gasteiger partial charge in [-0.1, -0.05) is 36.4 Å². The molecule has 0 aliphatic heterocycles. The molecule has 0 aliphatic rings. The second-order valence-electron chi connectivity index (χ2n) is 7.45. The highest BCUT2D eigenvalue weighted by molar-refractivity contribution is 5.86. The number of nitrogens with one attached hydrogen (secondary N) is 1. The Hall–Kier alpha value is -3.47. The zero-order valence-electron chi connectivity index (χ0n) is 16.9. The number of hydrogen-bond donors (Lipinski definition) is 1. The van der Waals surface area contributed by atoms with Crippen molar-refractivity contribution in [1.29, 1.82) is 0 Å². The van der Waals surface area contributed by atoms with E-state index in [4.69, 9.17) is 0 Å². The van der Waals surface area contributed by atoms with Crippen LogP contribution in [0.5, 0.6) is 0 Å². The Morgan fingerprint density at radius 2 is 1.93 bits per heavy atom. The fourth-order valence-electron chi connectivity index (χ4n) is 3.91. The zero-order chi connectivity index (χ0) is 20.9. The van der Waals surface area contributed by atoms with E-state index in [1.807, 2.05) is 49.6 Å². The van der Waals surface area contributed by atoms with Crippen molar-refractivity contribution in [2.45, 2.75) is 18.8 Å². The van der Waals surface area contributed by atoms with Gasteiger partial charge in [0.05, 0.1) is 0 Å². The van der Waals surface area contributed by atoms with Crippen LogP contribution >= 0.6 is 0 Å². The van der Waals surface area contributed by atoms with Crippen LogP contribution in [0, 0.1) is 5.82 Å². The van der Waals surface area contributed by atoms with Crippen molar-refractivity contribution in [3.8, 4) is 0 Å². The van der Waals surface area contributed by atoms with Gasteiger partial charge in [0.15, 0.2) is 0 Å². The van der Waals surface area contributed by atoms with Crippen LogP contribution in [0.15, 0.2) is 79.1 Å². The minimum atomic E-state index is -0.298. The minimum Gasteiger partial charge on any atom is -0.356 e. The first-order valence-electron chi connectivity index (χ1n) is 10.1. The molecule has 0 radical (unpaired) electrons. The third kappa shape index (κ3) is 4.40. The Morgan fingerprint density at radius 3 is 2.73 bits per heavy atom. The van der Waals surface area contributed by atoms with Crippen LogP contribution in [0.4, 0.5) is 4.39 Å². The van der Waals surface area contributed by atoms with Gasteiger partial charge in [-0.3, -0.25) is 9.78 Å². The fourth-order valence-corrected chi connectivity index (χ4v) is 3.91. The van der Waals surface area contributed by atoms with Gasteiger partial charge in [0, 0.05) is 61.3 Å². The zero-order valence-corrected chi connectivity index (χ0v) is 16.9. The molecule has 0 fully saturated rings. The summed E-state index contributed by atoms with van der Waals surface area (Å²) in [7, 11) is 1.99. The largest absolute Gasteiger partial charge is 0.356 e. The third-order valence-electron chi connectivity index (χ3n) is 5.37. The predicted octanol–water partition coefficient (Wildman–Crippen LogP) is 4.59. The van der Waals surface area contributed by atoms with Gasteiger partial charge < -0.3 is 9.88 Å². The summed E-state index contributed by atoms with van der Waals surface area (Å²) >= 11 is 0. The molecular formula is C25H24FN3O. The maximum absolute atomic E-state index is 14.0. The summed E-state index contributed by atoms with van der Waals surface area (Å²) in [5.41, 5.74) is 3.85. The number of aryl methyl sites for hydroxylation is 1. The van der Waals surface area contributed by atoms with Crippen LogP contribution < -0.4 is 5.32 Å². The number of hydrogen-bond acceptors (Lipinski definition) is 2. The maximum atomic E-state index is 14.0. The minimum absolute atomic E-state index is 0.0619. The van der Waals surface area contributed by atoms with Crippen molar-refractivity contribution in [3.05, 3.63) is 102 Å². The Labute approximate surface area is 175 Å². The van der Waals surface area contributed by atoms with Crippen LogP contribution in [-0.4, -0.2) is 22.0 Å². The van der Waals surface area contributed by atoms with E-state index in [2.05, 4.69) is 27.0 Å². The van der Waals surface area contributed by atoms with E-state index in [-0.39, 0.29) is 24.1 Å². The molecule has 1 N–H and O–H groups in total. The van der Waals surface area contributed by atoms with Crippen molar-refractivity contribution in [2.24, 2.45) is 7.05 Å². The molecule has 2 heterocycles. The number of carbonyl (C=O) groups excluding carboxylic acids is 1. The van der Waals surface area contributed by atoms with E-state index in [1.54, 1.807) is 12.3 Å². The Bertz CT molecular complexity index is 1150. The summed E-state index contributed by atoms with van der Waals surface area (Å²) in [6.45, 7) is 0.515. The van der Waals surface area contributed by atoms with Gasteiger partial charge in [0.1, 0.15) is 5.82 Å². The molecule has 1 amide bonds. The van der Waals surface area contributed by atoms with Crippen LogP contribution in [0.3, 0.4) is 0 Å². The summed E-state index contributed by atoms with van der Waals surface area (Å²) in [5.74, 6) is -0.594. The lowest BCUT2D eigenvalue weighted by atomic mass is 9.88. The third-order valence-corrected chi connectivity index (χ3v) is 5.37. The van der Waals surface area contributed by atoms with E-state index in [9.17, 15) is 9.18 Å². The normalized spacial score (nSPS) is 12.1. The van der Waals surface area contributed by atoms with E-state index in [1.165, 1.54) is 12.1 Å². The first kappa shape index (κ1) is 19.8. The monoisotopic (exact) mass is 401 g/mol. The van der Waals surface area contributed by atoms with Crippen molar-refractivity contribution in [1.82, 2.24) is 14.9 Å². The van der Waals surface area contributed by atoms with Gasteiger partial charge >= 0.3 is 0 Å². The second-order valence-corrected chi connectivity index (χ2v) is 7.45. The maximum Gasteiger partial charge on any atom is 0.220 e. The van der Waals surface area contributed by atoms with Gasteiger partial charge in [-0.2, -0.15) is 0 Å². The van der Waals surface area contributed by atoms with E-state index in [0.29, 0.717) is 13.0 Å². The van der Waals surface area contributed by atoms with Crippen LogP contribution in [0.1, 0.15) is 29.2 Å². The Morgan fingerprint density at radius 1 is 1.10 bits per heavy atom.